The number of benzene rings is 8. The summed E-state index contributed by atoms with van der Waals surface area (Å²) in [7, 11) is 0. The first-order valence-corrected chi connectivity index (χ1v) is 18.5. The predicted octanol–water partition coefficient (Wildman–Crippen LogP) is 7.99. The quantitative estimate of drug-likeness (QED) is 0.192. The molecule has 4 aliphatic heterocycles. The molecule has 12 rings (SSSR count). The summed E-state index contributed by atoms with van der Waals surface area (Å²) in [5.41, 5.74) is 22.7. The van der Waals surface area contributed by atoms with Gasteiger partial charge in [0.15, 0.2) is 0 Å². The minimum absolute atomic E-state index is 0.0748. The van der Waals surface area contributed by atoms with Crippen molar-refractivity contribution in [1.29, 1.82) is 0 Å². The molecule has 0 saturated heterocycles. The Labute approximate surface area is 310 Å². The number of fused-ring (bicyclic) bond motifs is 10. The van der Waals surface area contributed by atoms with Gasteiger partial charge in [0.05, 0.1) is 5.69 Å². The molecule has 53 heavy (non-hydrogen) atoms. The molecule has 3 nitrogen and oxygen atoms in total. The van der Waals surface area contributed by atoms with Crippen molar-refractivity contribution in [3.05, 3.63) is 182 Å². The summed E-state index contributed by atoms with van der Waals surface area (Å²) in [6, 6.07) is 67.2. The number of hydrogen-bond acceptors (Lipinski definition) is 3. The Balaban J connectivity index is 1.23. The van der Waals surface area contributed by atoms with Crippen molar-refractivity contribution in [3.8, 4) is 22.3 Å². The van der Waals surface area contributed by atoms with Gasteiger partial charge >= 0.3 is 0 Å². The second-order valence-corrected chi connectivity index (χ2v) is 14.5. The Morgan fingerprint density at radius 2 is 0.868 bits per heavy atom. The molecule has 4 heterocycles. The van der Waals surface area contributed by atoms with E-state index >= 15 is 0 Å². The molecular weight excluding hydrogens is 640 g/mol. The van der Waals surface area contributed by atoms with Crippen LogP contribution in [0.15, 0.2) is 182 Å². The second kappa shape index (κ2) is 10.9. The summed E-state index contributed by atoms with van der Waals surface area (Å²) in [6.07, 6.45) is 0. The first-order valence-electron chi connectivity index (χ1n) is 18.5. The average Bonchev–Trinajstić information content (AvgIpc) is 3.23. The van der Waals surface area contributed by atoms with E-state index in [1.54, 1.807) is 0 Å². The third-order valence-electron chi connectivity index (χ3n) is 11.8. The van der Waals surface area contributed by atoms with E-state index in [9.17, 15) is 0 Å². The molecule has 4 aliphatic rings. The van der Waals surface area contributed by atoms with Crippen LogP contribution in [0.4, 0.5) is 45.5 Å². The smallest absolute Gasteiger partial charge is 0.252 e. The van der Waals surface area contributed by atoms with Crippen molar-refractivity contribution >= 4 is 91.7 Å². The Morgan fingerprint density at radius 3 is 1.53 bits per heavy atom. The Hall–Kier alpha value is -6.71. The van der Waals surface area contributed by atoms with Gasteiger partial charge in [-0.05, 0) is 85.9 Å². The maximum Gasteiger partial charge on any atom is 0.252 e. The summed E-state index contributed by atoms with van der Waals surface area (Å²) in [5.74, 6) is 0. The molecule has 0 atom stereocenters. The van der Waals surface area contributed by atoms with E-state index in [4.69, 9.17) is 0 Å². The number of nitrogens with one attached hydrogen (secondary N) is 1. The Morgan fingerprint density at radius 1 is 0.358 bits per heavy atom. The molecule has 1 N–H and O–H groups in total. The van der Waals surface area contributed by atoms with Gasteiger partial charge < -0.3 is 15.1 Å². The molecule has 0 saturated carbocycles. The number of para-hydroxylation sites is 4. The molecule has 0 amide bonds. The van der Waals surface area contributed by atoms with Crippen LogP contribution in [0.5, 0.6) is 0 Å². The van der Waals surface area contributed by atoms with Gasteiger partial charge in [-0.2, -0.15) is 0 Å². The lowest BCUT2D eigenvalue weighted by atomic mass is 9.29. The molecule has 0 bridgehead atoms. The molecule has 8 aromatic rings. The van der Waals surface area contributed by atoms with Gasteiger partial charge in [-0.15, -0.1) is 0 Å². The van der Waals surface area contributed by atoms with Crippen molar-refractivity contribution in [2.75, 3.05) is 15.1 Å². The van der Waals surface area contributed by atoms with Crippen molar-refractivity contribution in [1.82, 2.24) is 0 Å². The fourth-order valence-corrected chi connectivity index (χ4v) is 9.82. The summed E-state index contributed by atoms with van der Waals surface area (Å²) < 4.78 is 0. The van der Waals surface area contributed by atoms with Gasteiger partial charge in [0, 0.05) is 45.4 Å². The van der Waals surface area contributed by atoms with Gasteiger partial charge in [-0.1, -0.05) is 146 Å². The lowest BCUT2D eigenvalue weighted by Crippen LogP contribution is -2.68. The van der Waals surface area contributed by atoms with Crippen LogP contribution in [0.2, 0.25) is 0 Å². The summed E-state index contributed by atoms with van der Waals surface area (Å²) in [4.78, 5) is 5.14. The maximum atomic E-state index is 3.97. The van der Waals surface area contributed by atoms with E-state index in [2.05, 4.69) is 197 Å². The second-order valence-electron chi connectivity index (χ2n) is 14.5. The fourth-order valence-electron chi connectivity index (χ4n) is 9.82. The van der Waals surface area contributed by atoms with Gasteiger partial charge in [0.1, 0.15) is 0 Å². The summed E-state index contributed by atoms with van der Waals surface area (Å²) in [6.45, 7) is 0.193. The molecule has 0 fully saturated rings. The highest BCUT2D eigenvalue weighted by molar-refractivity contribution is 7.04. The molecular formula is C48H31B2N3. The standard InChI is InChI=1S/C48H31B2N3/c1-3-16-31(17-4-1)33-20-15-29-43(45(33)32-18-5-2-6-19-32)52-40-26-12-8-22-35(40)50-37-24-10-14-28-42(37)53-41-27-13-9-23-36(41)49-34-21-7-11-25-38(34)51-39-30-44(52)47(50)48(53)46(39)49/h1-30,51H. The first kappa shape index (κ1) is 28.9. The number of rotatable bonds is 3. The summed E-state index contributed by atoms with van der Waals surface area (Å²) in [5, 5.41) is 3.97. The topological polar surface area (TPSA) is 18.5 Å². The Kier molecular flexibility index (Phi) is 5.95. The highest BCUT2D eigenvalue weighted by atomic mass is 15.2. The van der Waals surface area contributed by atoms with E-state index in [1.807, 2.05) is 0 Å². The average molecular weight is 671 g/mol. The summed E-state index contributed by atoms with van der Waals surface area (Å²) >= 11 is 0. The van der Waals surface area contributed by atoms with Crippen LogP contribution in [-0.4, -0.2) is 13.4 Å². The van der Waals surface area contributed by atoms with Crippen LogP contribution in [0, 0.1) is 0 Å². The van der Waals surface area contributed by atoms with Crippen LogP contribution < -0.4 is 47.9 Å². The molecule has 244 valence electrons. The first-order chi connectivity index (χ1) is 26.3. The van der Waals surface area contributed by atoms with E-state index in [0.29, 0.717) is 0 Å². The minimum atomic E-state index is 0.0748. The Bertz CT molecular complexity index is 2790. The third kappa shape index (κ3) is 3.91. The van der Waals surface area contributed by atoms with Gasteiger partial charge in [0.2, 0.25) is 0 Å². The molecule has 0 aromatic heterocycles. The van der Waals surface area contributed by atoms with Crippen molar-refractivity contribution in [2.24, 2.45) is 0 Å². The normalized spacial score (nSPS) is 13.7. The highest BCUT2D eigenvalue weighted by Gasteiger charge is 2.50. The van der Waals surface area contributed by atoms with Crippen LogP contribution in [-0.2, 0) is 0 Å². The predicted molar refractivity (Wildman–Crippen MR) is 226 cm³/mol. The van der Waals surface area contributed by atoms with E-state index in [1.165, 1.54) is 101 Å². The number of nitrogens with zero attached hydrogens (tertiary/aromatic N) is 2. The lowest BCUT2D eigenvalue weighted by Gasteiger charge is -2.49. The highest BCUT2D eigenvalue weighted by Crippen LogP contribution is 2.50. The van der Waals surface area contributed by atoms with Gasteiger partial charge in [0.25, 0.3) is 13.4 Å². The van der Waals surface area contributed by atoms with Gasteiger partial charge in [-0.25, -0.2) is 0 Å². The van der Waals surface area contributed by atoms with Gasteiger partial charge in [-0.3, -0.25) is 0 Å². The zero-order valence-electron chi connectivity index (χ0n) is 28.9. The van der Waals surface area contributed by atoms with Crippen LogP contribution in [0.3, 0.4) is 0 Å². The molecule has 5 heteroatoms. The monoisotopic (exact) mass is 671 g/mol. The fraction of sp³-hybridized carbons (Fsp3) is 0. The van der Waals surface area contributed by atoms with Crippen molar-refractivity contribution in [2.45, 2.75) is 0 Å². The largest absolute Gasteiger partial charge is 0.356 e. The lowest BCUT2D eigenvalue weighted by molar-refractivity contribution is 1.26. The van der Waals surface area contributed by atoms with Crippen LogP contribution in [0.1, 0.15) is 0 Å². The molecule has 0 radical (unpaired) electrons. The zero-order chi connectivity index (χ0) is 34.6. The van der Waals surface area contributed by atoms with Crippen LogP contribution in [0.25, 0.3) is 22.3 Å². The van der Waals surface area contributed by atoms with E-state index in [-0.39, 0.29) is 13.4 Å². The molecule has 8 aromatic carbocycles. The van der Waals surface area contributed by atoms with Crippen LogP contribution >= 0.6 is 0 Å². The number of anilines is 8. The SMILES string of the molecule is c1ccc(-c2cccc(N3c4ccccc4B4c5ccccc5N5c6ccccc6B6c7ccccc7Nc7cc3c4c5c76)c2-c2ccccc2)cc1. The van der Waals surface area contributed by atoms with E-state index in [0.717, 1.165) is 0 Å². The molecule has 0 unspecified atom stereocenters. The van der Waals surface area contributed by atoms with E-state index < -0.39 is 0 Å². The number of hydrogen-bond donors (Lipinski definition) is 1. The third-order valence-corrected chi connectivity index (χ3v) is 11.8. The maximum absolute atomic E-state index is 3.97. The zero-order valence-corrected chi connectivity index (χ0v) is 28.9. The van der Waals surface area contributed by atoms with Crippen molar-refractivity contribution < 1.29 is 0 Å². The minimum Gasteiger partial charge on any atom is -0.356 e. The van der Waals surface area contributed by atoms with Crippen molar-refractivity contribution in [3.63, 3.8) is 0 Å². The molecule has 0 spiro atoms. The molecule has 0 aliphatic carbocycles.